The third kappa shape index (κ3) is 75.6. The Balaban J connectivity index is 5.29. The first kappa shape index (κ1) is 98.5. The summed E-state index contributed by atoms with van der Waals surface area (Å²) < 4.78 is 68.7. The van der Waals surface area contributed by atoms with Gasteiger partial charge in [-0.2, -0.15) is 0 Å². The molecule has 0 heterocycles. The summed E-state index contributed by atoms with van der Waals surface area (Å²) in [5.41, 5.74) is 0. The number of ether oxygens (including phenoxy) is 4. The molecule has 3 N–H and O–H groups in total. The molecule has 0 saturated heterocycles. The second-order valence-corrected chi connectivity index (χ2v) is 32.2. The smallest absolute Gasteiger partial charge is 0.462 e. The molecule has 0 amide bonds. The van der Waals surface area contributed by atoms with Crippen LogP contribution in [0, 0.1) is 5.92 Å². The Morgan fingerprint density at radius 2 is 0.535 bits per heavy atom. The van der Waals surface area contributed by atoms with Crippen molar-refractivity contribution in [3.63, 3.8) is 0 Å². The first-order chi connectivity index (χ1) is 49.0. The maximum atomic E-state index is 13.1. The standard InChI is InChI=1S/C82H156O17P2/c1-6-9-12-15-18-21-24-27-30-32-33-36-39-42-47-53-58-63-68-82(87)98-77(71-92-79(84)65-60-55-50-45-40-37-35-31-28-25-22-19-16-13-10-7-2)73-96-100(88,89)94-69-76(83)70-95-101(90,91)97-74-78(72-93-80(85)66-61-56-51-48-43-44-49-54-59-64-75(4)5)99-81(86)67-62-57-52-46-41-38-34-29-26-23-20-17-14-11-8-3/h23,26,29,34,75-78,83H,6-22,24-25,27-28,30-33,35-74H2,1-5H3,(H,88,89)(H,90,91)/b26-23-,34-29-/t76-,77-,78-/m1/s1. The van der Waals surface area contributed by atoms with Crippen molar-refractivity contribution in [2.45, 2.75) is 432 Å². The molecule has 596 valence electrons. The minimum Gasteiger partial charge on any atom is -0.462 e. The predicted octanol–water partition coefficient (Wildman–Crippen LogP) is 24.4. The van der Waals surface area contributed by atoms with Gasteiger partial charge in [0, 0.05) is 25.7 Å². The van der Waals surface area contributed by atoms with Crippen LogP contribution in [0.2, 0.25) is 0 Å². The quantitative estimate of drug-likeness (QED) is 0.0169. The van der Waals surface area contributed by atoms with Crippen LogP contribution in [0.15, 0.2) is 24.3 Å². The van der Waals surface area contributed by atoms with Crippen molar-refractivity contribution in [2.24, 2.45) is 5.92 Å². The third-order valence-corrected chi connectivity index (χ3v) is 20.6. The monoisotopic (exact) mass is 1480 g/mol. The number of rotatable bonds is 80. The van der Waals surface area contributed by atoms with Gasteiger partial charge in [-0.05, 0) is 57.3 Å². The molecule has 0 fully saturated rings. The molecule has 0 aromatic carbocycles. The summed E-state index contributed by atoms with van der Waals surface area (Å²) in [6, 6.07) is 0. The van der Waals surface area contributed by atoms with Crippen LogP contribution >= 0.6 is 15.6 Å². The molecule has 0 bridgehead atoms. The lowest BCUT2D eigenvalue weighted by Gasteiger charge is -2.21. The first-order valence-electron chi connectivity index (χ1n) is 42.0. The van der Waals surface area contributed by atoms with E-state index in [1.165, 1.54) is 225 Å². The molecule has 0 aliphatic carbocycles. The minimum absolute atomic E-state index is 0.0851. The summed E-state index contributed by atoms with van der Waals surface area (Å²) in [6.45, 7) is 7.25. The van der Waals surface area contributed by atoms with Gasteiger partial charge in [0.2, 0.25) is 0 Å². The number of carbonyl (C=O) groups is 4. The largest absolute Gasteiger partial charge is 0.472 e. The van der Waals surface area contributed by atoms with E-state index < -0.39 is 97.5 Å². The number of aliphatic hydroxyl groups is 1. The number of unbranched alkanes of at least 4 members (excludes halogenated alkanes) is 49. The van der Waals surface area contributed by atoms with Crippen LogP contribution in [0.25, 0.3) is 0 Å². The van der Waals surface area contributed by atoms with Crippen LogP contribution in [0.5, 0.6) is 0 Å². The fourth-order valence-corrected chi connectivity index (χ4v) is 13.8. The van der Waals surface area contributed by atoms with E-state index in [1.807, 2.05) is 0 Å². The normalized spacial score (nSPS) is 14.0. The number of hydrogen-bond acceptors (Lipinski definition) is 15. The van der Waals surface area contributed by atoms with E-state index >= 15 is 0 Å². The number of aliphatic hydroxyl groups excluding tert-OH is 1. The highest BCUT2D eigenvalue weighted by Crippen LogP contribution is 2.45. The fourth-order valence-electron chi connectivity index (χ4n) is 12.2. The van der Waals surface area contributed by atoms with E-state index in [4.69, 9.17) is 37.0 Å². The lowest BCUT2D eigenvalue weighted by atomic mass is 10.0. The molecule has 0 radical (unpaired) electrons. The van der Waals surface area contributed by atoms with Gasteiger partial charge in [0.1, 0.15) is 19.3 Å². The van der Waals surface area contributed by atoms with Crippen LogP contribution < -0.4 is 0 Å². The average Bonchev–Trinajstić information content (AvgIpc) is 0.920. The Labute approximate surface area is 618 Å². The van der Waals surface area contributed by atoms with Crippen molar-refractivity contribution in [1.29, 1.82) is 0 Å². The zero-order valence-corrected chi connectivity index (χ0v) is 67.3. The zero-order valence-electron chi connectivity index (χ0n) is 65.5. The SMILES string of the molecule is CCCCCC/C=C\C=C/CCCCCCCC(=O)O[C@H](COC(=O)CCCCCCCCCCCC(C)C)COP(=O)(O)OC[C@H](O)COP(=O)(O)OC[C@@H](COC(=O)CCCCCCCCCCCCCCCCCC)OC(=O)CCCCCCCCCCCCCCCCCCCC. The van der Waals surface area contributed by atoms with Gasteiger partial charge in [-0.15, -0.1) is 0 Å². The zero-order chi connectivity index (χ0) is 74.1. The molecule has 17 nitrogen and oxygen atoms in total. The molecule has 19 heteroatoms. The van der Waals surface area contributed by atoms with Gasteiger partial charge >= 0.3 is 39.5 Å². The summed E-state index contributed by atoms with van der Waals surface area (Å²) in [6.07, 6.45) is 68.7. The second kappa shape index (κ2) is 74.4. The Bertz CT molecular complexity index is 2020. The Hall–Kier alpha value is -2.46. The summed E-state index contributed by atoms with van der Waals surface area (Å²) in [4.78, 5) is 73.1. The Morgan fingerprint density at radius 1 is 0.307 bits per heavy atom. The maximum Gasteiger partial charge on any atom is 0.472 e. The topological polar surface area (TPSA) is 237 Å². The number of carbonyl (C=O) groups excluding carboxylic acids is 4. The van der Waals surface area contributed by atoms with Crippen molar-refractivity contribution < 1.29 is 80.2 Å². The molecule has 0 aliphatic heterocycles. The van der Waals surface area contributed by atoms with Crippen LogP contribution in [0.4, 0.5) is 0 Å². The molecule has 0 saturated carbocycles. The number of esters is 4. The lowest BCUT2D eigenvalue weighted by Crippen LogP contribution is -2.30. The Morgan fingerprint density at radius 3 is 0.812 bits per heavy atom. The average molecular weight is 1480 g/mol. The van der Waals surface area contributed by atoms with Crippen LogP contribution in [0.3, 0.4) is 0 Å². The molecular formula is C82H156O17P2. The molecule has 0 aromatic heterocycles. The fraction of sp³-hybridized carbons (Fsp3) is 0.902. The van der Waals surface area contributed by atoms with Gasteiger partial charge in [0.25, 0.3) is 0 Å². The number of phosphoric ester groups is 2. The van der Waals surface area contributed by atoms with E-state index in [-0.39, 0.29) is 25.7 Å². The van der Waals surface area contributed by atoms with Crippen molar-refractivity contribution in [3.8, 4) is 0 Å². The Kier molecular flexibility index (Phi) is 72.6. The number of hydrogen-bond donors (Lipinski definition) is 3. The summed E-state index contributed by atoms with van der Waals surface area (Å²) >= 11 is 0. The molecular weight excluding hydrogens is 1320 g/mol. The van der Waals surface area contributed by atoms with Gasteiger partial charge in [-0.3, -0.25) is 37.3 Å². The summed E-state index contributed by atoms with van der Waals surface area (Å²) in [5.74, 6) is -1.39. The van der Waals surface area contributed by atoms with Crippen molar-refractivity contribution in [1.82, 2.24) is 0 Å². The lowest BCUT2D eigenvalue weighted by molar-refractivity contribution is -0.161. The highest BCUT2D eigenvalue weighted by atomic mass is 31.2. The number of allylic oxidation sites excluding steroid dienone is 4. The van der Waals surface area contributed by atoms with Crippen LogP contribution in [-0.4, -0.2) is 96.7 Å². The van der Waals surface area contributed by atoms with Crippen LogP contribution in [-0.2, 0) is 65.4 Å². The molecule has 0 aromatic rings. The maximum absolute atomic E-state index is 13.1. The molecule has 5 atom stereocenters. The van der Waals surface area contributed by atoms with Crippen molar-refractivity contribution >= 4 is 39.5 Å². The van der Waals surface area contributed by atoms with Gasteiger partial charge in [-0.1, -0.05) is 361 Å². The van der Waals surface area contributed by atoms with Crippen molar-refractivity contribution in [2.75, 3.05) is 39.6 Å². The first-order valence-corrected chi connectivity index (χ1v) is 44.9. The predicted molar refractivity (Wildman–Crippen MR) is 414 cm³/mol. The number of phosphoric acid groups is 2. The highest BCUT2D eigenvalue weighted by molar-refractivity contribution is 7.47. The van der Waals surface area contributed by atoms with Crippen LogP contribution in [0.1, 0.15) is 413 Å². The molecule has 0 rings (SSSR count). The highest BCUT2D eigenvalue weighted by Gasteiger charge is 2.30. The van der Waals surface area contributed by atoms with Gasteiger partial charge in [0.05, 0.1) is 26.4 Å². The van der Waals surface area contributed by atoms with Gasteiger partial charge in [0.15, 0.2) is 12.2 Å². The molecule has 0 aliphatic rings. The van der Waals surface area contributed by atoms with Gasteiger partial charge in [-0.25, -0.2) is 9.13 Å². The summed E-state index contributed by atoms with van der Waals surface area (Å²) in [7, 11) is -9.93. The molecule has 0 spiro atoms. The molecule has 101 heavy (non-hydrogen) atoms. The third-order valence-electron chi connectivity index (χ3n) is 18.7. The second-order valence-electron chi connectivity index (χ2n) is 29.3. The van der Waals surface area contributed by atoms with E-state index in [1.54, 1.807) is 0 Å². The van der Waals surface area contributed by atoms with E-state index in [0.29, 0.717) is 25.7 Å². The van der Waals surface area contributed by atoms with Gasteiger partial charge < -0.3 is 33.8 Å². The minimum atomic E-state index is -4.97. The molecule has 2 unspecified atom stereocenters. The van der Waals surface area contributed by atoms with E-state index in [9.17, 15) is 43.2 Å². The van der Waals surface area contributed by atoms with E-state index in [2.05, 4.69) is 58.9 Å². The van der Waals surface area contributed by atoms with Crippen molar-refractivity contribution in [3.05, 3.63) is 24.3 Å². The summed E-state index contributed by atoms with van der Waals surface area (Å²) in [5, 5.41) is 10.6. The van der Waals surface area contributed by atoms with E-state index in [0.717, 1.165) is 109 Å².